The molecule has 132 valence electrons. The fraction of sp³-hybridized carbons (Fsp3) is 0.455. The fourth-order valence-electron chi connectivity index (χ4n) is 3.75. The van der Waals surface area contributed by atoms with E-state index in [4.69, 9.17) is 16.3 Å². The van der Waals surface area contributed by atoms with Crippen LogP contribution in [0.4, 0.5) is 0 Å². The Labute approximate surface area is 154 Å². The van der Waals surface area contributed by atoms with E-state index in [0.717, 1.165) is 42.2 Å². The summed E-state index contributed by atoms with van der Waals surface area (Å²) in [6, 6.07) is 15.2. The van der Waals surface area contributed by atoms with Gasteiger partial charge in [0.05, 0.1) is 18.8 Å². The van der Waals surface area contributed by atoms with Crippen LogP contribution in [0.3, 0.4) is 0 Å². The zero-order valence-electron chi connectivity index (χ0n) is 14.5. The first-order valence-electron chi connectivity index (χ1n) is 9.36. The smallest absolute Gasteiger partial charge is 0.0830 e. The molecule has 3 heteroatoms. The third-order valence-corrected chi connectivity index (χ3v) is 5.79. The molecule has 4 rings (SSSR count). The lowest BCUT2D eigenvalue weighted by Crippen LogP contribution is -2.25. The number of aliphatic hydroxyl groups excluding tert-OH is 1. The number of benzene rings is 2. The predicted molar refractivity (Wildman–Crippen MR) is 101 cm³/mol. The molecule has 2 fully saturated rings. The van der Waals surface area contributed by atoms with Crippen LogP contribution in [-0.4, -0.2) is 17.8 Å². The van der Waals surface area contributed by atoms with Crippen molar-refractivity contribution in [2.24, 2.45) is 0 Å². The summed E-state index contributed by atoms with van der Waals surface area (Å²) in [5.41, 5.74) is 5.08. The lowest BCUT2D eigenvalue weighted by Gasteiger charge is -2.29. The van der Waals surface area contributed by atoms with Crippen molar-refractivity contribution < 1.29 is 9.84 Å². The lowest BCUT2D eigenvalue weighted by molar-refractivity contribution is -0.0737. The maximum atomic E-state index is 9.37. The second-order valence-electron chi connectivity index (χ2n) is 7.40. The molecule has 1 heterocycles. The van der Waals surface area contributed by atoms with E-state index < -0.39 is 0 Å². The van der Waals surface area contributed by atoms with Gasteiger partial charge >= 0.3 is 0 Å². The van der Waals surface area contributed by atoms with E-state index in [1.807, 2.05) is 6.07 Å². The Kier molecular flexibility index (Phi) is 5.12. The van der Waals surface area contributed by atoms with Gasteiger partial charge in [-0.15, -0.1) is 0 Å². The van der Waals surface area contributed by atoms with E-state index >= 15 is 0 Å². The Bertz CT molecular complexity index is 721. The van der Waals surface area contributed by atoms with Crippen molar-refractivity contribution in [1.82, 2.24) is 0 Å². The Morgan fingerprint density at radius 1 is 0.960 bits per heavy atom. The van der Waals surface area contributed by atoms with Gasteiger partial charge in [-0.1, -0.05) is 48.0 Å². The Balaban J connectivity index is 1.50. The van der Waals surface area contributed by atoms with Gasteiger partial charge < -0.3 is 9.84 Å². The minimum Gasteiger partial charge on any atom is -0.394 e. The van der Waals surface area contributed by atoms with Gasteiger partial charge in [-0.3, -0.25) is 0 Å². The molecule has 1 aliphatic heterocycles. The third kappa shape index (κ3) is 4.08. The summed E-state index contributed by atoms with van der Waals surface area (Å²) in [6.07, 6.45) is 6.60. The van der Waals surface area contributed by atoms with Crippen LogP contribution in [-0.2, 0) is 11.2 Å². The summed E-state index contributed by atoms with van der Waals surface area (Å²) in [7, 11) is 0. The number of hydrogen-bond acceptors (Lipinski definition) is 2. The van der Waals surface area contributed by atoms with E-state index in [-0.39, 0.29) is 18.8 Å². The molecular weight excluding hydrogens is 332 g/mol. The second-order valence-corrected chi connectivity index (χ2v) is 7.81. The highest BCUT2D eigenvalue weighted by Crippen LogP contribution is 2.40. The van der Waals surface area contributed by atoms with Crippen LogP contribution < -0.4 is 0 Å². The molecule has 0 aromatic heterocycles. The van der Waals surface area contributed by atoms with Gasteiger partial charge in [0.15, 0.2) is 0 Å². The first-order valence-corrected chi connectivity index (χ1v) is 9.74. The number of aliphatic hydroxyl groups is 1. The molecule has 2 aromatic carbocycles. The number of ether oxygens (including phenoxy) is 1. The van der Waals surface area contributed by atoms with Crippen LogP contribution >= 0.6 is 11.6 Å². The van der Waals surface area contributed by atoms with Crippen molar-refractivity contribution in [2.75, 3.05) is 6.61 Å². The molecule has 1 saturated carbocycles. The largest absolute Gasteiger partial charge is 0.394 e. The van der Waals surface area contributed by atoms with Crippen LogP contribution in [0.2, 0.25) is 5.02 Å². The van der Waals surface area contributed by atoms with Gasteiger partial charge in [-0.2, -0.15) is 0 Å². The van der Waals surface area contributed by atoms with E-state index in [9.17, 15) is 5.11 Å². The van der Waals surface area contributed by atoms with Crippen molar-refractivity contribution >= 4 is 11.6 Å². The summed E-state index contributed by atoms with van der Waals surface area (Å²) < 4.78 is 6.02. The number of rotatable bonds is 5. The molecule has 1 saturated heterocycles. The fourth-order valence-corrected chi connectivity index (χ4v) is 3.94. The predicted octanol–water partition coefficient (Wildman–Crippen LogP) is 5.41. The Morgan fingerprint density at radius 2 is 1.72 bits per heavy atom. The first kappa shape index (κ1) is 17.1. The highest BCUT2D eigenvalue weighted by Gasteiger charge is 2.24. The van der Waals surface area contributed by atoms with Gasteiger partial charge in [0, 0.05) is 5.02 Å². The van der Waals surface area contributed by atoms with Crippen LogP contribution in [0.5, 0.6) is 0 Å². The highest BCUT2D eigenvalue weighted by molar-refractivity contribution is 6.31. The Hall–Kier alpha value is -1.35. The molecule has 2 unspecified atom stereocenters. The van der Waals surface area contributed by atoms with Crippen molar-refractivity contribution in [3.63, 3.8) is 0 Å². The summed E-state index contributed by atoms with van der Waals surface area (Å²) in [5.74, 6) is 0.795. The molecule has 0 bridgehead atoms. The van der Waals surface area contributed by atoms with Gasteiger partial charge in [-0.25, -0.2) is 0 Å². The third-order valence-electron chi connectivity index (χ3n) is 5.42. The molecule has 2 nitrogen and oxygen atoms in total. The maximum Gasteiger partial charge on any atom is 0.0830 e. The molecule has 2 atom stereocenters. The minimum atomic E-state index is -0.0344. The summed E-state index contributed by atoms with van der Waals surface area (Å²) in [4.78, 5) is 0. The van der Waals surface area contributed by atoms with Crippen LogP contribution in [0.25, 0.3) is 0 Å². The maximum absolute atomic E-state index is 9.37. The SMILES string of the molecule is OCC1CCCC(c2ccc(Cl)c(Cc3ccc(C4CC4)cc3)c2)O1. The molecule has 0 amide bonds. The lowest BCUT2D eigenvalue weighted by atomic mass is 9.95. The van der Waals surface area contributed by atoms with Crippen molar-refractivity contribution in [3.8, 4) is 0 Å². The molecule has 25 heavy (non-hydrogen) atoms. The van der Waals surface area contributed by atoms with Gasteiger partial charge in [0.2, 0.25) is 0 Å². The quantitative estimate of drug-likeness (QED) is 0.776. The van der Waals surface area contributed by atoms with Crippen LogP contribution in [0, 0.1) is 0 Å². The molecule has 2 aromatic rings. The van der Waals surface area contributed by atoms with E-state index in [2.05, 4.69) is 36.4 Å². The van der Waals surface area contributed by atoms with Gasteiger partial charge in [-0.05, 0) is 72.8 Å². The second kappa shape index (κ2) is 7.49. The number of halogens is 1. The summed E-state index contributed by atoms with van der Waals surface area (Å²) in [6.45, 7) is 0.101. The summed E-state index contributed by atoms with van der Waals surface area (Å²) >= 11 is 6.45. The first-order chi connectivity index (χ1) is 12.2. The van der Waals surface area contributed by atoms with E-state index in [0.29, 0.717) is 0 Å². The molecule has 1 aliphatic carbocycles. The molecule has 0 spiro atoms. The van der Waals surface area contributed by atoms with Crippen molar-refractivity contribution in [3.05, 3.63) is 69.7 Å². The molecule has 1 N–H and O–H groups in total. The molecule has 2 aliphatic rings. The zero-order chi connectivity index (χ0) is 17.2. The van der Waals surface area contributed by atoms with E-state index in [1.165, 1.54) is 29.5 Å². The average molecular weight is 357 g/mol. The molecular formula is C22H25ClO2. The van der Waals surface area contributed by atoms with Crippen LogP contribution in [0.1, 0.15) is 66.4 Å². The number of hydrogen-bond donors (Lipinski definition) is 1. The highest BCUT2D eigenvalue weighted by atomic mass is 35.5. The average Bonchev–Trinajstić information content (AvgIpc) is 3.49. The molecule has 0 radical (unpaired) electrons. The van der Waals surface area contributed by atoms with E-state index in [1.54, 1.807) is 0 Å². The van der Waals surface area contributed by atoms with Crippen molar-refractivity contribution in [2.45, 2.75) is 56.7 Å². The monoisotopic (exact) mass is 356 g/mol. The van der Waals surface area contributed by atoms with Gasteiger partial charge in [0.25, 0.3) is 0 Å². The van der Waals surface area contributed by atoms with Gasteiger partial charge in [0.1, 0.15) is 0 Å². The standard InChI is InChI=1S/C22H25ClO2/c23-21-11-10-18(22-3-1-2-20(14-24)25-22)13-19(21)12-15-4-6-16(7-5-15)17-8-9-17/h4-7,10-11,13,17,20,22,24H,1-3,8-9,12,14H2. The Morgan fingerprint density at radius 3 is 2.44 bits per heavy atom. The topological polar surface area (TPSA) is 29.5 Å². The van der Waals surface area contributed by atoms with Crippen molar-refractivity contribution in [1.29, 1.82) is 0 Å². The minimum absolute atomic E-state index is 0.0344. The zero-order valence-corrected chi connectivity index (χ0v) is 15.2. The normalized spacial score (nSPS) is 23.6. The van der Waals surface area contributed by atoms with Crippen LogP contribution in [0.15, 0.2) is 42.5 Å². The summed E-state index contributed by atoms with van der Waals surface area (Å²) in [5, 5.41) is 10.2.